The van der Waals surface area contributed by atoms with Crippen molar-refractivity contribution in [1.29, 1.82) is 0 Å². The quantitative estimate of drug-likeness (QED) is 0.199. The molecule has 39 heavy (non-hydrogen) atoms. The van der Waals surface area contributed by atoms with Gasteiger partial charge in [0.1, 0.15) is 11.5 Å². The molecule has 2 nitrogen and oxygen atoms in total. The molecule has 204 valence electrons. The van der Waals surface area contributed by atoms with Crippen molar-refractivity contribution in [2.75, 3.05) is 0 Å². The maximum atomic E-state index is 14.0. The molecule has 4 aromatic carbocycles. The van der Waals surface area contributed by atoms with Gasteiger partial charge in [0.15, 0.2) is 0 Å². The Balaban J connectivity index is 2.30. The van der Waals surface area contributed by atoms with Gasteiger partial charge in [-0.3, -0.25) is 0 Å². The number of hydrogen-bond acceptors (Lipinski definition) is 2. The summed E-state index contributed by atoms with van der Waals surface area (Å²) in [6.45, 7) is 4.84. The van der Waals surface area contributed by atoms with E-state index >= 15 is 0 Å². The SMILES string of the molecule is Cc1cc(C(c2ccccc2)(c2ccccc2)c2cc(C)c(C(F)(F)F)c(C)c2O)c(O)c(C)c1C(F)(F)F. The molecule has 0 aliphatic carbocycles. The molecule has 4 aromatic rings. The number of benzene rings is 4. The van der Waals surface area contributed by atoms with Crippen LogP contribution in [0.5, 0.6) is 11.5 Å². The standard InChI is InChI=1S/C31H26F6O2/c1-17-15-23(27(38)19(3)25(17)30(32,33)34)29(21-11-7-5-8-12-21,22-13-9-6-10-14-22)24-16-18(2)26(31(35,36)37)20(4)28(24)39/h5-16,38-39H,1-4H3. The van der Waals surface area contributed by atoms with Crippen molar-refractivity contribution in [2.24, 2.45) is 0 Å². The molecule has 0 aromatic heterocycles. The van der Waals surface area contributed by atoms with Gasteiger partial charge in [0.05, 0.1) is 16.5 Å². The lowest BCUT2D eigenvalue weighted by Gasteiger charge is -2.39. The van der Waals surface area contributed by atoms with Gasteiger partial charge in [-0.05, 0) is 49.9 Å². The van der Waals surface area contributed by atoms with Crippen LogP contribution in [0, 0.1) is 27.7 Å². The molecule has 0 radical (unpaired) electrons. The van der Waals surface area contributed by atoms with Gasteiger partial charge in [0, 0.05) is 22.3 Å². The fourth-order valence-electron chi connectivity index (χ4n) is 5.70. The summed E-state index contributed by atoms with van der Waals surface area (Å²) in [5.41, 5.74) is -4.03. The third-order valence-electron chi connectivity index (χ3n) is 7.27. The zero-order valence-corrected chi connectivity index (χ0v) is 21.6. The highest BCUT2D eigenvalue weighted by atomic mass is 19.4. The summed E-state index contributed by atoms with van der Waals surface area (Å²) >= 11 is 0. The topological polar surface area (TPSA) is 40.5 Å². The Morgan fingerprint density at radius 2 is 0.821 bits per heavy atom. The molecule has 0 saturated carbocycles. The Morgan fingerprint density at radius 1 is 0.513 bits per heavy atom. The average Bonchev–Trinajstić information content (AvgIpc) is 2.85. The van der Waals surface area contributed by atoms with E-state index in [0.29, 0.717) is 11.1 Å². The van der Waals surface area contributed by atoms with Gasteiger partial charge in [-0.25, -0.2) is 0 Å². The maximum absolute atomic E-state index is 14.0. The van der Waals surface area contributed by atoms with Crippen molar-refractivity contribution in [1.82, 2.24) is 0 Å². The number of hydrogen-bond donors (Lipinski definition) is 2. The van der Waals surface area contributed by atoms with Crippen LogP contribution in [-0.4, -0.2) is 10.2 Å². The van der Waals surface area contributed by atoms with E-state index in [0.717, 1.165) is 13.8 Å². The smallest absolute Gasteiger partial charge is 0.417 e. The van der Waals surface area contributed by atoms with Crippen molar-refractivity contribution >= 4 is 0 Å². The first-order chi connectivity index (χ1) is 18.1. The van der Waals surface area contributed by atoms with Crippen LogP contribution in [0.3, 0.4) is 0 Å². The van der Waals surface area contributed by atoms with Gasteiger partial charge in [-0.1, -0.05) is 72.8 Å². The normalized spacial score (nSPS) is 12.6. The summed E-state index contributed by atoms with van der Waals surface area (Å²) in [5, 5.41) is 22.9. The van der Waals surface area contributed by atoms with Crippen LogP contribution in [0.25, 0.3) is 0 Å². The molecular formula is C31H26F6O2. The Labute approximate surface area is 222 Å². The molecule has 0 aliphatic rings. The molecule has 0 atom stereocenters. The Morgan fingerprint density at radius 3 is 1.10 bits per heavy atom. The summed E-state index contributed by atoms with van der Waals surface area (Å²) in [6.07, 6.45) is -9.51. The minimum atomic E-state index is -4.75. The number of alkyl halides is 6. The summed E-state index contributed by atoms with van der Waals surface area (Å²) < 4.78 is 83.7. The molecule has 0 spiro atoms. The number of rotatable bonds is 4. The minimum absolute atomic E-state index is 0.00300. The van der Waals surface area contributed by atoms with Crippen LogP contribution in [0.4, 0.5) is 26.3 Å². The van der Waals surface area contributed by atoms with E-state index in [2.05, 4.69) is 0 Å². The van der Waals surface area contributed by atoms with E-state index in [1.165, 1.54) is 26.0 Å². The number of phenols is 2. The first-order valence-corrected chi connectivity index (χ1v) is 12.1. The third kappa shape index (κ3) is 4.51. The highest BCUT2D eigenvalue weighted by molar-refractivity contribution is 5.70. The largest absolute Gasteiger partial charge is 0.507 e. The van der Waals surface area contributed by atoms with E-state index in [-0.39, 0.29) is 22.3 Å². The van der Waals surface area contributed by atoms with Crippen molar-refractivity contribution in [3.05, 3.63) is 128 Å². The molecule has 0 bridgehead atoms. The fourth-order valence-corrected chi connectivity index (χ4v) is 5.70. The molecule has 0 amide bonds. The van der Waals surface area contributed by atoms with Gasteiger partial charge >= 0.3 is 12.4 Å². The van der Waals surface area contributed by atoms with Crippen LogP contribution in [0.15, 0.2) is 72.8 Å². The minimum Gasteiger partial charge on any atom is -0.507 e. The average molecular weight is 545 g/mol. The van der Waals surface area contributed by atoms with E-state index in [9.17, 15) is 36.6 Å². The van der Waals surface area contributed by atoms with E-state index in [4.69, 9.17) is 0 Å². The fraction of sp³-hybridized carbons (Fsp3) is 0.226. The highest BCUT2D eigenvalue weighted by Crippen LogP contribution is 2.55. The molecular weight excluding hydrogens is 518 g/mol. The predicted octanol–water partition coefficient (Wildman–Crippen LogP) is 8.75. The summed E-state index contributed by atoms with van der Waals surface area (Å²) in [6, 6.07) is 19.2. The molecule has 0 unspecified atom stereocenters. The lowest BCUT2D eigenvalue weighted by molar-refractivity contribution is -0.139. The molecule has 4 rings (SSSR count). The Kier molecular flexibility index (Phi) is 6.96. The van der Waals surface area contributed by atoms with E-state index in [1.54, 1.807) is 60.7 Å². The second-order valence-electron chi connectivity index (χ2n) is 9.66. The maximum Gasteiger partial charge on any atom is 0.417 e. The summed E-state index contributed by atoms with van der Waals surface area (Å²) in [7, 11) is 0. The van der Waals surface area contributed by atoms with Crippen molar-refractivity contribution < 1.29 is 36.6 Å². The Bertz CT molecular complexity index is 1400. The van der Waals surface area contributed by atoms with Crippen LogP contribution >= 0.6 is 0 Å². The van der Waals surface area contributed by atoms with Gasteiger partial charge in [-0.15, -0.1) is 0 Å². The van der Waals surface area contributed by atoms with Crippen molar-refractivity contribution in [2.45, 2.75) is 45.5 Å². The number of halogens is 6. The van der Waals surface area contributed by atoms with Gasteiger partial charge in [-0.2, -0.15) is 26.3 Å². The van der Waals surface area contributed by atoms with Crippen molar-refractivity contribution in [3.63, 3.8) is 0 Å². The van der Waals surface area contributed by atoms with E-state index < -0.39 is 51.5 Å². The molecule has 8 heteroatoms. The predicted molar refractivity (Wildman–Crippen MR) is 137 cm³/mol. The number of aryl methyl sites for hydroxylation is 2. The third-order valence-corrected chi connectivity index (χ3v) is 7.27. The second kappa shape index (κ2) is 9.67. The van der Waals surface area contributed by atoms with Crippen LogP contribution < -0.4 is 0 Å². The molecule has 0 fully saturated rings. The van der Waals surface area contributed by atoms with Crippen LogP contribution in [0.2, 0.25) is 0 Å². The van der Waals surface area contributed by atoms with Crippen LogP contribution in [0.1, 0.15) is 55.6 Å². The zero-order chi connectivity index (χ0) is 28.9. The highest BCUT2D eigenvalue weighted by Gasteiger charge is 2.47. The van der Waals surface area contributed by atoms with Gasteiger partial charge in [0.2, 0.25) is 0 Å². The van der Waals surface area contributed by atoms with Gasteiger partial charge < -0.3 is 10.2 Å². The van der Waals surface area contributed by atoms with Crippen molar-refractivity contribution in [3.8, 4) is 11.5 Å². The Hall–Kier alpha value is -3.94. The lowest BCUT2D eigenvalue weighted by Crippen LogP contribution is -2.32. The monoisotopic (exact) mass is 544 g/mol. The lowest BCUT2D eigenvalue weighted by atomic mass is 9.63. The summed E-state index contributed by atoms with van der Waals surface area (Å²) in [5.74, 6) is -1.34. The first-order valence-electron chi connectivity index (χ1n) is 12.1. The van der Waals surface area contributed by atoms with Crippen LogP contribution in [-0.2, 0) is 17.8 Å². The first kappa shape index (κ1) is 28.1. The molecule has 2 N–H and O–H groups in total. The molecule has 0 saturated heterocycles. The molecule has 0 aliphatic heterocycles. The second-order valence-corrected chi connectivity index (χ2v) is 9.66. The zero-order valence-electron chi connectivity index (χ0n) is 21.6. The molecule has 0 heterocycles. The summed E-state index contributed by atoms with van der Waals surface area (Å²) in [4.78, 5) is 0. The number of aromatic hydroxyl groups is 2. The van der Waals surface area contributed by atoms with Gasteiger partial charge in [0.25, 0.3) is 0 Å². The number of phenolic OH excluding ortho intramolecular Hbond substituents is 2. The van der Waals surface area contributed by atoms with E-state index in [1.807, 2.05) is 0 Å².